The monoisotopic (exact) mass is 193 g/mol. The molecule has 2 aromatic rings. The molecule has 0 radical (unpaired) electrons. The molecule has 2 rings (SSSR count). The average Bonchev–Trinajstić information content (AvgIpc) is 2.52. The number of hydrogen-bond donors (Lipinski definition) is 0. The number of halogens is 1. The highest BCUT2D eigenvalue weighted by atomic mass is 35.5. The van der Waals surface area contributed by atoms with Crippen LogP contribution in [0.15, 0.2) is 35.1 Å². The van der Waals surface area contributed by atoms with Crippen molar-refractivity contribution in [2.75, 3.05) is 0 Å². The Labute approximate surface area is 81.1 Å². The fourth-order valence-electron chi connectivity index (χ4n) is 1.23. The van der Waals surface area contributed by atoms with Crippen molar-refractivity contribution in [3.05, 3.63) is 41.2 Å². The van der Waals surface area contributed by atoms with Gasteiger partial charge in [-0.1, -0.05) is 35.0 Å². The van der Waals surface area contributed by atoms with Crippen molar-refractivity contribution in [1.29, 1.82) is 0 Å². The first-order valence-electron chi connectivity index (χ1n) is 3.95. The van der Waals surface area contributed by atoms with Crippen LogP contribution in [0.4, 0.5) is 0 Å². The molecule has 0 amide bonds. The fraction of sp³-hybridized carbons (Fsp3) is 0.100. The summed E-state index contributed by atoms with van der Waals surface area (Å²) in [5.74, 6) is 0. The van der Waals surface area contributed by atoms with E-state index in [0.29, 0.717) is 5.02 Å². The third-order valence-corrected chi connectivity index (χ3v) is 2.24. The van der Waals surface area contributed by atoms with Crippen LogP contribution in [0.5, 0.6) is 0 Å². The van der Waals surface area contributed by atoms with Gasteiger partial charge in [-0.05, 0) is 13.0 Å². The van der Waals surface area contributed by atoms with Gasteiger partial charge in [-0.25, -0.2) is 0 Å². The number of aryl methyl sites for hydroxylation is 1. The van der Waals surface area contributed by atoms with Gasteiger partial charge >= 0.3 is 0 Å². The lowest BCUT2D eigenvalue weighted by atomic mass is 10.1. The zero-order chi connectivity index (χ0) is 9.26. The third-order valence-electron chi connectivity index (χ3n) is 1.91. The Morgan fingerprint density at radius 1 is 1.23 bits per heavy atom. The molecule has 0 fully saturated rings. The number of rotatable bonds is 1. The van der Waals surface area contributed by atoms with Gasteiger partial charge < -0.3 is 4.52 Å². The van der Waals surface area contributed by atoms with Crippen LogP contribution < -0.4 is 0 Å². The lowest BCUT2D eigenvalue weighted by molar-refractivity contribution is 0.415. The minimum atomic E-state index is 0.716. The molecule has 0 aliphatic carbocycles. The summed E-state index contributed by atoms with van der Waals surface area (Å²) in [5, 5.41) is 4.52. The van der Waals surface area contributed by atoms with E-state index in [1.165, 1.54) is 0 Å². The highest BCUT2D eigenvalue weighted by Crippen LogP contribution is 2.29. The molecule has 0 saturated carbocycles. The summed E-state index contributed by atoms with van der Waals surface area (Å²) in [4.78, 5) is 0. The molecule has 1 aromatic carbocycles. The minimum absolute atomic E-state index is 0.716. The lowest BCUT2D eigenvalue weighted by Gasteiger charge is -1.99. The van der Waals surface area contributed by atoms with E-state index < -0.39 is 0 Å². The molecular weight excluding hydrogens is 186 g/mol. The first kappa shape index (κ1) is 8.32. The molecule has 0 N–H and O–H groups in total. The summed E-state index contributed by atoms with van der Waals surface area (Å²) in [6, 6.07) is 7.63. The van der Waals surface area contributed by atoms with Crippen LogP contribution in [0, 0.1) is 6.92 Å². The second-order valence-electron chi connectivity index (χ2n) is 2.79. The second-order valence-corrected chi connectivity index (χ2v) is 3.20. The van der Waals surface area contributed by atoms with Crippen molar-refractivity contribution in [3.63, 3.8) is 0 Å². The van der Waals surface area contributed by atoms with Crippen molar-refractivity contribution < 1.29 is 4.52 Å². The van der Waals surface area contributed by atoms with Crippen LogP contribution >= 0.6 is 11.6 Å². The van der Waals surface area contributed by atoms with Gasteiger partial charge in [-0.3, -0.25) is 0 Å². The molecule has 1 heterocycles. The maximum Gasteiger partial charge on any atom is 0.131 e. The molecule has 0 unspecified atom stereocenters. The van der Waals surface area contributed by atoms with Crippen LogP contribution in [0.25, 0.3) is 11.1 Å². The molecule has 2 nitrogen and oxygen atoms in total. The maximum atomic E-state index is 6.02. The van der Waals surface area contributed by atoms with Gasteiger partial charge in [-0.15, -0.1) is 0 Å². The molecule has 13 heavy (non-hydrogen) atoms. The normalized spacial score (nSPS) is 10.3. The van der Waals surface area contributed by atoms with E-state index in [9.17, 15) is 0 Å². The highest BCUT2D eigenvalue weighted by molar-refractivity contribution is 6.33. The van der Waals surface area contributed by atoms with Gasteiger partial charge in [0, 0.05) is 16.1 Å². The van der Waals surface area contributed by atoms with Crippen LogP contribution in [0.2, 0.25) is 5.02 Å². The predicted octanol–water partition coefficient (Wildman–Crippen LogP) is 3.30. The van der Waals surface area contributed by atoms with Gasteiger partial charge in [0.25, 0.3) is 0 Å². The molecule has 0 spiro atoms. The number of nitrogens with zero attached hydrogens (tertiary/aromatic N) is 1. The Bertz CT molecular complexity index is 422. The van der Waals surface area contributed by atoms with Crippen molar-refractivity contribution in [1.82, 2.24) is 5.16 Å². The quantitative estimate of drug-likeness (QED) is 0.695. The molecule has 0 aliphatic rings. The van der Waals surface area contributed by atoms with E-state index in [1.54, 1.807) is 6.26 Å². The minimum Gasteiger partial charge on any atom is -0.364 e. The largest absolute Gasteiger partial charge is 0.364 e. The van der Waals surface area contributed by atoms with Gasteiger partial charge in [0.05, 0.1) is 5.69 Å². The molecule has 0 aliphatic heterocycles. The van der Waals surface area contributed by atoms with E-state index in [1.807, 2.05) is 31.2 Å². The van der Waals surface area contributed by atoms with E-state index in [4.69, 9.17) is 16.1 Å². The van der Waals surface area contributed by atoms with Crippen LogP contribution in [0.1, 0.15) is 5.69 Å². The zero-order valence-electron chi connectivity index (χ0n) is 7.12. The molecule has 0 bridgehead atoms. The maximum absolute atomic E-state index is 6.02. The van der Waals surface area contributed by atoms with Crippen LogP contribution in [0.3, 0.4) is 0 Å². The van der Waals surface area contributed by atoms with E-state index in [-0.39, 0.29) is 0 Å². The number of benzene rings is 1. The third kappa shape index (κ3) is 1.45. The van der Waals surface area contributed by atoms with Gasteiger partial charge in [0.2, 0.25) is 0 Å². The van der Waals surface area contributed by atoms with Gasteiger partial charge in [-0.2, -0.15) is 0 Å². The first-order chi connectivity index (χ1) is 6.29. The van der Waals surface area contributed by atoms with Crippen molar-refractivity contribution >= 4 is 11.6 Å². The molecule has 66 valence electrons. The second kappa shape index (κ2) is 3.23. The first-order valence-corrected chi connectivity index (χ1v) is 4.32. The summed E-state index contributed by atoms with van der Waals surface area (Å²) in [6.07, 6.45) is 1.61. The standard InChI is InChI=1S/C10H8ClNO/c1-7-9(6-13-12-7)8-4-2-3-5-10(8)11/h2-6H,1H3. The summed E-state index contributed by atoms with van der Waals surface area (Å²) in [5.41, 5.74) is 2.77. The van der Waals surface area contributed by atoms with Crippen LogP contribution in [-0.4, -0.2) is 5.16 Å². The number of aromatic nitrogens is 1. The van der Waals surface area contributed by atoms with Crippen molar-refractivity contribution in [3.8, 4) is 11.1 Å². The van der Waals surface area contributed by atoms with Crippen molar-refractivity contribution in [2.24, 2.45) is 0 Å². The van der Waals surface area contributed by atoms with Gasteiger partial charge in [0.15, 0.2) is 0 Å². The summed E-state index contributed by atoms with van der Waals surface area (Å²) in [6.45, 7) is 1.89. The Morgan fingerprint density at radius 3 is 2.62 bits per heavy atom. The summed E-state index contributed by atoms with van der Waals surface area (Å²) >= 11 is 6.02. The van der Waals surface area contributed by atoms with Gasteiger partial charge in [0.1, 0.15) is 6.26 Å². The molecule has 0 saturated heterocycles. The average molecular weight is 194 g/mol. The fourth-order valence-corrected chi connectivity index (χ4v) is 1.47. The zero-order valence-corrected chi connectivity index (χ0v) is 7.88. The van der Waals surface area contributed by atoms with E-state index in [0.717, 1.165) is 16.8 Å². The Hall–Kier alpha value is -1.28. The topological polar surface area (TPSA) is 26.0 Å². The van der Waals surface area contributed by atoms with Crippen LogP contribution in [-0.2, 0) is 0 Å². The molecule has 3 heteroatoms. The molecule has 1 aromatic heterocycles. The Balaban J connectivity index is 2.59. The predicted molar refractivity (Wildman–Crippen MR) is 51.7 cm³/mol. The highest BCUT2D eigenvalue weighted by Gasteiger charge is 2.08. The smallest absolute Gasteiger partial charge is 0.131 e. The van der Waals surface area contributed by atoms with Crippen molar-refractivity contribution in [2.45, 2.75) is 6.92 Å². The SMILES string of the molecule is Cc1nocc1-c1ccccc1Cl. The van der Waals surface area contributed by atoms with E-state index in [2.05, 4.69) is 5.16 Å². The van der Waals surface area contributed by atoms with E-state index >= 15 is 0 Å². The number of hydrogen-bond acceptors (Lipinski definition) is 2. The Kier molecular flexibility index (Phi) is 2.07. The molecular formula is C10H8ClNO. The lowest BCUT2D eigenvalue weighted by Crippen LogP contribution is -1.79. The Morgan fingerprint density at radius 2 is 2.00 bits per heavy atom. The summed E-state index contributed by atoms with van der Waals surface area (Å²) < 4.78 is 4.85. The summed E-state index contributed by atoms with van der Waals surface area (Å²) in [7, 11) is 0. The molecule has 0 atom stereocenters.